The summed E-state index contributed by atoms with van der Waals surface area (Å²) in [5.41, 5.74) is 1.34. The van der Waals surface area contributed by atoms with E-state index < -0.39 is 10.0 Å². The van der Waals surface area contributed by atoms with Crippen LogP contribution in [-0.4, -0.2) is 15.5 Å². The molecule has 2 rings (SSSR count). The minimum Gasteiger partial charge on any atom is -0.472 e. The zero-order valence-electron chi connectivity index (χ0n) is 11.2. The molecule has 0 saturated carbocycles. The number of furan rings is 1. The molecule has 0 unspecified atom stereocenters. The first-order chi connectivity index (χ1) is 9.94. The summed E-state index contributed by atoms with van der Waals surface area (Å²) in [5.74, 6) is 0. The van der Waals surface area contributed by atoms with Crippen molar-refractivity contribution in [2.45, 2.75) is 18.0 Å². The molecular formula is C13H14Cl2N2O3S. The summed E-state index contributed by atoms with van der Waals surface area (Å²) >= 11 is 12.1. The number of rotatable bonds is 6. The number of benzene rings is 1. The third kappa shape index (κ3) is 3.99. The highest BCUT2D eigenvalue weighted by atomic mass is 35.5. The van der Waals surface area contributed by atoms with Crippen LogP contribution in [0.5, 0.6) is 0 Å². The Hall–Kier alpha value is -1.05. The van der Waals surface area contributed by atoms with E-state index in [9.17, 15) is 8.42 Å². The van der Waals surface area contributed by atoms with Gasteiger partial charge in [-0.15, -0.1) is 0 Å². The topological polar surface area (TPSA) is 71.3 Å². The van der Waals surface area contributed by atoms with Gasteiger partial charge in [-0.2, -0.15) is 0 Å². The van der Waals surface area contributed by atoms with Crippen LogP contribution in [0.1, 0.15) is 11.1 Å². The fourth-order valence-corrected chi connectivity index (χ4v) is 3.73. The first-order valence-electron chi connectivity index (χ1n) is 6.07. The van der Waals surface area contributed by atoms with E-state index in [1.165, 1.54) is 18.6 Å². The predicted octanol–water partition coefficient (Wildman–Crippen LogP) is 2.78. The maximum Gasteiger partial charge on any atom is 0.242 e. The van der Waals surface area contributed by atoms with Crippen LogP contribution >= 0.6 is 23.2 Å². The van der Waals surface area contributed by atoms with E-state index >= 15 is 0 Å². The van der Waals surface area contributed by atoms with Crippen LogP contribution in [0.3, 0.4) is 0 Å². The smallest absolute Gasteiger partial charge is 0.242 e. The zero-order valence-corrected chi connectivity index (χ0v) is 13.5. The minimum atomic E-state index is -3.77. The van der Waals surface area contributed by atoms with Gasteiger partial charge in [0, 0.05) is 23.7 Å². The first-order valence-corrected chi connectivity index (χ1v) is 8.31. The molecule has 0 aliphatic carbocycles. The van der Waals surface area contributed by atoms with E-state index in [-0.39, 0.29) is 16.5 Å². The van der Waals surface area contributed by atoms with Crippen LogP contribution in [0, 0.1) is 0 Å². The molecule has 114 valence electrons. The third-order valence-electron chi connectivity index (χ3n) is 2.78. The standard InChI is InChI=1S/C13H14Cl2N2O3S/c1-16-7-10-4-11(14)5-12(13(10)15)21(18,19)17-6-9-2-3-20-8-9/h2-5,8,16-17H,6-7H2,1H3. The molecule has 0 radical (unpaired) electrons. The van der Waals surface area contributed by atoms with Crippen LogP contribution in [0.15, 0.2) is 40.0 Å². The molecule has 0 aliphatic heterocycles. The second-order valence-corrected chi connectivity index (χ2v) is 6.91. The number of nitrogens with one attached hydrogen (secondary N) is 2. The van der Waals surface area contributed by atoms with Crippen LogP contribution < -0.4 is 10.0 Å². The quantitative estimate of drug-likeness (QED) is 0.841. The number of hydrogen-bond acceptors (Lipinski definition) is 4. The summed E-state index contributed by atoms with van der Waals surface area (Å²) in [6, 6.07) is 4.64. The van der Waals surface area contributed by atoms with Crippen molar-refractivity contribution in [1.29, 1.82) is 0 Å². The lowest BCUT2D eigenvalue weighted by Crippen LogP contribution is -2.24. The Morgan fingerprint density at radius 1 is 1.24 bits per heavy atom. The number of halogens is 2. The minimum absolute atomic E-state index is 0.0367. The lowest BCUT2D eigenvalue weighted by Gasteiger charge is -2.12. The third-order valence-corrected chi connectivity index (χ3v) is 4.98. The molecule has 0 amide bonds. The molecule has 0 aliphatic rings. The highest BCUT2D eigenvalue weighted by molar-refractivity contribution is 7.89. The summed E-state index contributed by atoms with van der Waals surface area (Å²) in [6.45, 7) is 0.534. The highest BCUT2D eigenvalue weighted by Crippen LogP contribution is 2.29. The molecule has 1 aromatic heterocycles. The van der Waals surface area contributed by atoms with Crippen LogP contribution in [0.25, 0.3) is 0 Å². The summed E-state index contributed by atoms with van der Waals surface area (Å²) < 4.78 is 32.1. The van der Waals surface area contributed by atoms with Crippen molar-refractivity contribution in [2.75, 3.05) is 7.05 Å². The van der Waals surface area contributed by atoms with Crippen molar-refractivity contribution >= 4 is 33.2 Å². The van der Waals surface area contributed by atoms with Gasteiger partial charge < -0.3 is 9.73 Å². The monoisotopic (exact) mass is 348 g/mol. The van der Waals surface area contributed by atoms with Crippen LogP contribution in [0.2, 0.25) is 10.0 Å². The summed E-state index contributed by atoms with van der Waals surface area (Å²) in [6.07, 6.45) is 2.94. The van der Waals surface area contributed by atoms with E-state index in [1.54, 1.807) is 19.2 Å². The van der Waals surface area contributed by atoms with Crippen LogP contribution in [-0.2, 0) is 23.1 Å². The normalized spacial score (nSPS) is 11.8. The molecule has 2 aromatic rings. The van der Waals surface area contributed by atoms with E-state index in [4.69, 9.17) is 27.6 Å². The van der Waals surface area contributed by atoms with Crippen molar-refractivity contribution in [3.05, 3.63) is 51.9 Å². The van der Waals surface area contributed by atoms with Gasteiger partial charge in [0.05, 0.1) is 17.5 Å². The Morgan fingerprint density at radius 2 is 2.00 bits per heavy atom. The maximum atomic E-state index is 12.4. The predicted molar refractivity (Wildman–Crippen MR) is 82.0 cm³/mol. The Bertz CT molecular complexity index is 715. The van der Waals surface area contributed by atoms with Crippen molar-refractivity contribution < 1.29 is 12.8 Å². The van der Waals surface area contributed by atoms with Crippen molar-refractivity contribution in [3.8, 4) is 0 Å². The molecule has 0 saturated heterocycles. The van der Waals surface area contributed by atoms with Gasteiger partial charge in [0.1, 0.15) is 4.90 Å². The molecule has 1 aromatic carbocycles. The van der Waals surface area contributed by atoms with Gasteiger partial charge in [-0.1, -0.05) is 23.2 Å². The molecule has 8 heteroatoms. The van der Waals surface area contributed by atoms with Gasteiger partial charge in [-0.3, -0.25) is 0 Å². The molecule has 0 bridgehead atoms. The molecule has 5 nitrogen and oxygen atoms in total. The second kappa shape index (κ2) is 6.81. The first kappa shape index (κ1) is 16.3. The van der Waals surface area contributed by atoms with Gasteiger partial charge in [0.2, 0.25) is 10.0 Å². The van der Waals surface area contributed by atoms with Gasteiger partial charge in [-0.05, 0) is 30.8 Å². The largest absolute Gasteiger partial charge is 0.472 e. The van der Waals surface area contributed by atoms with Crippen LogP contribution in [0.4, 0.5) is 0 Å². The summed E-state index contributed by atoms with van der Waals surface area (Å²) in [7, 11) is -2.03. The maximum absolute atomic E-state index is 12.4. The van der Waals surface area contributed by atoms with E-state index in [0.717, 1.165) is 0 Å². The van der Waals surface area contributed by atoms with Crippen molar-refractivity contribution in [1.82, 2.24) is 10.0 Å². The molecule has 0 spiro atoms. The van der Waals surface area contributed by atoms with Crippen molar-refractivity contribution in [2.24, 2.45) is 0 Å². The lowest BCUT2D eigenvalue weighted by atomic mass is 10.2. The van der Waals surface area contributed by atoms with Gasteiger partial charge in [0.25, 0.3) is 0 Å². The SMILES string of the molecule is CNCc1cc(Cl)cc(S(=O)(=O)NCc2ccoc2)c1Cl. The summed E-state index contributed by atoms with van der Waals surface area (Å²) in [5, 5.41) is 3.39. The Balaban J connectivity index is 2.30. The Kier molecular flexibility index (Phi) is 5.29. The Morgan fingerprint density at radius 3 is 2.62 bits per heavy atom. The van der Waals surface area contributed by atoms with Gasteiger partial charge in [-0.25, -0.2) is 13.1 Å². The molecule has 2 N–H and O–H groups in total. The number of hydrogen-bond donors (Lipinski definition) is 2. The Labute approximate surface area is 133 Å². The van der Waals surface area contributed by atoms with Gasteiger partial charge in [0.15, 0.2) is 0 Å². The van der Waals surface area contributed by atoms with Gasteiger partial charge >= 0.3 is 0 Å². The van der Waals surface area contributed by atoms with Crippen molar-refractivity contribution in [3.63, 3.8) is 0 Å². The second-order valence-electron chi connectivity index (χ2n) is 4.36. The molecular weight excluding hydrogens is 335 g/mol. The summed E-state index contributed by atoms with van der Waals surface area (Å²) in [4.78, 5) is -0.0367. The molecule has 1 heterocycles. The highest BCUT2D eigenvalue weighted by Gasteiger charge is 2.21. The van der Waals surface area contributed by atoms with E-state index in [1.807, 2.05) is 0 Å². The lowest BCUT2D eigenvalue weighted by molar-refractivity contribution is 0.561. The molecule has 0 fully saturated rings. The van der Waals surface area contributed by atoms with E-state index in [0.29, 0.717) is 22.7 Å². The fourth-order valence-electron chi connectivity index (χ4n) is 1.78. The van der Waals surface area contributed by atoms with E-state index in [2.05, 4.69) is 10.0 Å². The fraction of sp³-hybridized carbons (Fsp3) is 0.231. The average molecular weight is 349 g/mol. The molecule has 21 heavy (non-hydrogen) atoms. The molecule has 0 atom stereocenters. The number of sulfonamides is 1. The zero-order chi connectivity index (χ0) is 15.5. The average Bonchev–Trinajstić information content (AvgIpc) is 2.94.